The summed E-state index contributed by atoms with van der Waals surface area (Å²) in [6.45, 7) is 3.92. The predicted octanol–water partition coefficient (Wildman–Crippen LogP) is 3.20. The third-order valence-electron chi connectivity index (χ3n) is 5.39. The van der Waals surface area contributed by atoms with Crippen molar-refractivity contribution in [2.45, 2.75) is 26.2 Å². The van der Waals surface area contributed by atoms with Crippen molar-refractivity contribution in [1.29, 1.82) is 0 Å². The summed E-state index contributed by atoms with van der Waals surface area (Å²) in [7, 11) is 1.57. The number of amides is 2. The number of benzene rings is 2. The first-order valence-electron chi connectivity index (χ1n) is 10.1. The van der Waals surface area contributed by atoms with E-state index in [1.807, 2.05) is 26.0 Å². The molecule has 9 nitrogen and oxygen atoms in total. The molecular weight excluding hydrogens is 410 g/mol. The summed E-state index contributed by atoms with van der Waals surface area (Å²) in [6, 6.07) is 12.6. The predicted molar refractivity (Wildman–Crippen MR) is 122 cm³/mol. The number of carbonyl (C=O) groups excluding carboxylic acids is 2. The number of anilines is 4. The maximum Gasteiger partial charge on any atom is 0.258 e. The van der Waals surface area contributed by atoms with E-state index in [0.29, 0.717) is 17.1 Å². The highest BCUT2D eigenvalue weighted by molar-refractivity contribution is 6.04. The Morgan fingerprint density at radius 2 is 1.78 bits per heavy atom. The third-order valence-corrected chi connectivity index (χ3v) is 5.39. The van der Waals surface area contributed by atoms with Crippen LogP contribution in [0.2, 0.25) is 0 Å². The highest BCUT2D eigenvalue weighted by Crippen LogP contribution is 2.30. The summed E-state index contributed by atoms with van der Waals surface area (Å²) >= 11 is 0. The number of hydrogen-bond acceptors (Lipinski definition) is 6. The smallest absolute Gasteiger partial charge is 0.258 e. The molecular formula is C23H23N5O4. The molecule has 2 amide bonds. The van der Waals surface area contributed by atoms with Gasteiger partial charge >= 0.3 is 0 Å². The van der Waals surface area contributed by atoms with Gasteiger partial charge in [0.25, 0.3) is 5.56 Å². The second-order valence-corrected chi connectivity index (χ2v) is 7.62. The Hall–Kier alpha value is -4.14. The second-order valence-electron chi connectivity index (χ2n) is 7.62. The van der Waals surface area contributed by atoms with E-state index in [9.17, 15) is 14.4 Å². The van der Waals surface area contributed by atoms with Gasteiger partial charge in [-0.3, -0.25) is 19.4 Å². The number of H-pyrrole nitrogens is 1. The van der Waals surface area contributed by atoms with Crippen LogP contribution in [0.25, 0.3) is 0 Å². The van der Waals surface area contributed by atoms with E-state index in [2.05, 4.69) is 25.9 Å². The average Bonchev–Trinajstić information content (AvgIpc) is 2.76. The Morgan fingerprint density at radius 3 is 2.47 bits per heavy atom. The van der Waals surface area contributed by atoms with E-state index in [1.165, 1.54) is 0 Å². The fraction of sp³-hybridized carbons (Fsp3) is 0.217. The van der Waals surface area contributed by atoms with E-state index in [1.54, 1.807) is 37.4 Å². The van der Waals surface area contributed by atoms with E-state index in [0.717, 1.165) is 11.1 Å². The summed E-state index contributed by atoms with van der Waals surface area (Å²) in [6.07, 6.45) is -0.139. The molecule has 0 spiro atoms. The van der Waals surface area contributed by atoms with Crippen LogP contribution in [-0.2, 0) is 9.59 Å². The number of aromatic amines is 1. The van der Waals surface area contributed by atoms with Crippen LogP contribution >= 0.6 is 0 Å². The van der Waals surface area contributed by atoms with Gasteiger partial charge < -0.3 is 20.7 Å². The molecule has 4 N–H and O–H groups in total. The van der Waals surface area contributed by atoms with Gasteiger partial charge in [0.2, 0.25) is 17.8 Å². The fourth-order valence-electron chi connectivity index (χ4n) is 3.51. The zero-order valence-electron chi connectivity index (χ0n) is 17.9. The summed E-state index contributed by atoms with van der Waals surface area (Å²) in [5.74, 6) is -0.867. The highest BCUT2D eigenvalue weighted by Gasteiger charge is 2.34. The molecule has 4 rings (SSSR count). The van der Waals surface area contributed by atoms with E-state index in [-0.39, 0.29) is 29.7 Å². The summed E-state index contributed by atoms with van der Waals surface area (Å²) in [4.78, 5) is 45.1. The molecule has 1 aliphatic rings. The molecule has 2 heterocycles. The van der Waals surface area contributed by atoms with Crippen molar-refractivity contribution in [2.75, 3.05) is 23.1 Å². The molecule has 32 heavy (non-hydrogen) atoms. The highest BCUT2D eigenvalue weighted by atomic mass is 16.5. The van der Waals surface area contributed by atoms with Crippen molar-refractivity contribution in [1.82, 2.24) is 9.97 Å². The normalized spacial score (nSPS) is 14.8. The van der Waals surface area contributed by atoms with Gasteiger partial charge in [0.15, 0.2) is 0 Å². The number of nitrogens with one attached hydrogen (secondary N) is 4. The van der Waals surface area contributed by atoms with Crippen molar-refractivity contribution >= 4 is 35.0 Å². The molecule has 2 aromatic carbocycles. The van der Waals surface area contributed by atoms with E-state index < -0.39 is 17.4 Å². The molecule has 0 radical (unpaired) electrons. The minimum Gasteiger partial charge on any atom is -0.497 e. The minimum atomic E-state index is -0.952. The van der Waals surface area contributed by atoms with Gasteiger partial charge in [0, 0.05) is 17.8 Å². The van der Waals surface area contributed by atoms with Crippen molar-refractivity contribution in [3.63, 3.8) is 0 Å². The number of aryl methyl sites for hydroxylation is 2. The quantitative estimate of drug-likeness (QED) is 0.490. The number of methoxy groups -OCH3 is 1. The minimum absolute atomic E-state index is 0.0706. The summed E-state index contributed by atoms with van der Waals surface area (Å²) in [5, 5.41) is 8.39. The van der Waals surface area contributed by atoms with Crippen molar-refractivity contribution in [3.8, 4) is 5.75 Å². The molecule has 0 fully saturated rings. The first-order chi connectivity index (χ1) is 15.3. The number of carbonyl (C=O) groups is 2. The lowest BCUT2D eigenvalue weighted by Gasteiger charge is -2.23. The summed E-state index contributed by atoms with van der Waals surface area (Å²) < 4.78 is 5.13. The van der Waals surface area contributed by atoms with Crippen molar-refractivity contribution < 1.29 is 14.3 Å². The Labute approximate surface area is 184 Å². The SMILES string of the molecule is COc1ccc(Nc2nc3c(c(=O)[nH]2)[C@H](C(=O)Nc2ccc(C)c(C)c2)CC(=O)N3)cc1. The van der Waals surface area contributed by atoms with Gasteiger partial charge in [-0.25, -0.2) is 0 Å². The molecule has 1 aromatic heterocycles. The Kier molecular flexibility index (Phi) is 5.63. The molecule has 3 aromatic rings. The standard InChI is InChI=1S/C23H23N5O4/c1-12-4-5-15(10-13(12)2)24-21(30)17-11-18(29)26-20-19(17)22(31)28-23(27-20)25-14-6-8-16(32-3)9-7-14/h4-10,17H,11H2,1-3H3,(H,24,30)(H3,25,26,27,28,29,31)/t17-/m1/s1. The van der Waals surface area contributed by atoms with Crippen LogP contribution in [-0.4, -0.2) is 28.9 Å². The average molecular weight is 433 g/mol. The third kappa shape index (κ3) is 4.31. The van der Waals surface area contributed by atoms with Gasteiger partial charge in [-0.15, -0.1) is 0 Å². The van der Waals surface area contributed by atoms with Crippen LogP contribution in [0, 0.1) is 13.8 Å². The topological polar surface area (TPSA) is 125 Å². The van der Waals surface area contributed by atoms with Crippen molar-refractivity contribution in [2.24, 2.45) is 0 Å². The molecule has 0 bridgehead atoms. The lowest BCUT2D eigenvalue weighted by molar-refractivity contribution is -0.123. The Bertz CT molecular complexity index is 1250. The molecule has 1 aliphatic heterocycles. The molecule has 9 heteroatoms. The number of nitrogens with zero attached hydrogens (tertiary/aromatic N) is 1. The van der Waals surface area contributed by atoms with Gasteiger partial charge in [-0.2, -0.15) is 4.98 Å². The first kappa shape index (κ1) is 21.1. The van der Waals surface area contributed by atoms with E-state index >= 15 is 0 Å². The number of aromatic nitrogens is 2. The largest absolute Gasteiger partial charge is 0.497 e. The van der Waals surface area contributed by atoms with Gasteiger partial charge in [0.1, 0.15) is 11.6 Å². The van der Waals surface area contributed by atoms with Crippen LogP contribution in [0.5, 0.6) is 5.75 Å². The van der Waals surface area contributed by atoms with Crippen LogP contribution in [0.1, 0.15) is 29.0 Å². The lowest BCUT2D eigenvalue weighted by Crippen LogP contribution is -2.36. The van der Waals surface area contributed by atoms with Crippen LogP contribution in [0.15, 0.2) is 47.3 Å². The molecule has 0 unspecified atom stereocenters. The van der Waals surface area contributed by atoms with E-state index in [4.69, 9.17) is 4.74 Å². The molecule has 0 aliphatic carbocycles. The Balaban J connectivity index is 1.61. The van der Waals surface area contributed by atoms with Gasteiger partial charge in [0.05, 0.1) is 18.6 Å². The van der Waals surface area contributed by atoms with Gasteiger partial charge in [-0.05, 0) is 61.4 Å². The molecule has 0 saturated carbocycles. The Morgan fingerprint density at radius 1 is 1.06 bits per heavy atom. The maximum absolute atomic E-state index is 13.0. The van der Waals surface area contributed by atoms with Gasteiger partial charge in [-0.1, -0.05) is 6.07 Å². The zero-order chi connectivity index (χ0) is 22.8. The first-order valence-corrected chi connectivity index (χ1v) is 10.1. The number of fused-ring (bicyclic) bond motifs is 1. The zero-order valence-corrected chi connectivity index (χ0v) is 17.9. The number of rotatable bonds is 5. The van der Waals surface area contributed by atoms with Crippen LogP contribution in [0.3, 0.4) is 0 Å². The van der Waals surface area contributed by atoms with Crippen LogP contribution in [0.4, 0.5) is 23.1 Å². The maximum atomic E-state index is 13.0. The number of hydrogen-bond donors (Lipinski definition) is 4. The summed E-state index contributed by atoms with van der Waals surface area (Å²) in [5.41, 5.74) is 3.03. The molecule has 0 saturated heterocycles. The molecule has 1 atom stereocenters. The number of ether oxygens (including phenoxy) is 1. The lowest BCUT2D eigenvalue weighted by atomic mass is 9.92. The second kappa shape index (κ2) is 8.54. The fourth-order valence-corrected chi connectivity index (χ4v) is 3.51. The molecule has 164 valence electrons. The van der Waals surface area contributed by atoms with Crippen LogP contribution < -0.4 is 26.2 Å². The van der Waals surface area contributed by atoms with Crippen molar-refractivity contribution in [3.05, 3.63) is 69.5 Å². The monoisotopic (exact) mass is 433 g/mol.